The molecule has 274 valence electrons. The minimum Gasteiger partial charge on any atom is -0.0990 e. The van der Waals surface area contributed by atoms with Crippen molar-refractivity contribution in [3.8, 4) is 44.5 Å². The first-order valence-electron chi connectivity index (χ1n) is 19.8. The third kappa shape index (κ3) is 8.94. The number of rotatable bonds is 13. The first-order chi connectivity index (χ1) is 28.1. The third-order valence-corrected chi connectivity index (χ3v) is 11.0. The van der Waals surface area contributed by atoms with Gasteiger partial charge in [0.2, 0.25) is 0 Å². The molecule has 0 spiro atoms. The van der Waals surface area contributed by atoms with E-state index in [1.54, 1.807) is 6.08 Å². The van der Waals surface area contributed by atoms with Crippen LogP contribution in [0.1, 0.15) is 39.3 Å². The van der Waals surface area contributed by atoms with Crippen LogP contribution in [0.5, 0.6) is 0 Å². The van der Waals surface area contributed by atoms with E-state index in [9.17, 15) is 0 Å². The van der Waals surface area contributed by atoms with Crippen LogP contribution in [-0.2, 0) is 12.8 Å². The molecule has 0 atom stereocenters. The van der Waals surface area contributed by atoms with Crippen molar-refractivity contribution in [2.45, 2.75) is 18.8 Å². The Kier molecular flexibility index (Phi) is 11.4. The minimum atomic E-state index is 0.229. The van der Waals surface area contributed by atoms with Gasteiger partial charge in [-0.2, -0.15) is 0 Å². The van der Waals surface area contributed by atoms with E-state index in [2.05, 4.69) is 219 Å². The van der Waals surface area contributed by atoms with Crippen LogP contribution in [-0.4, -0.2) is 0 Å². The average molecular weight is 731 g/mol. The largest absolute Gasteiger partial charge is 0.0990 e. The predicted octanol–water partition coefficient (Wildman–Crippen LogP) is 15.1. The van der Waals surface area contributed by atoms with Crippen LogP contribution in [0.3, 0.4) is 0 Å². The summed E-state index contributed by atoms with van der Waals surface area (Å²) in [5, 5.41) is 0. The van der Waals surface area contributed by atoms with Gasteiger partial charge < -0.3 is 0 Å². The number of allylic oxidation sites excluding steroid dienone is 4. The molecule has 0 aliphatic heterocycles. The topological polar surface area (TPSA) is 0 Å². The Morgan fingerprint density at radius 1 is 0.368 bits per heavy atom. The lowest BCUT2D eigenvalue weighted by Crippen LogP contribution is -2.05. The summed E-state index contributed by atoms with van der Waals surface area (Å²) in [4.78, 5) is 0. The maximum absolute atomic E-state index is 3.93. The molecule has 0 amide bonds. The molecular weight excluding hydrogens is 685 g/mol. The van der Waals surface area contributed by atoms with E-state index in [4.69, 9.17) is 0 Å². The van der Waals surface area contributed by atoms with Crippen LogP contribution >= 0.6 is 0 Å². The van der Waals surface area contributed by atoms with Crippen molar-refractivity contribution in [2.24, 2.45) is 0 Å². The highest BCUT2D eigenvalue weighted by Crippen LogP contribution is 2.33. The van der Waals surface area contributed by atoms with Crippen molar-refractivity contribution < 1.29 is 0 Å². The molecular formula is C57H46. The van der Waals surface area contributed by atoms with Gasteiger partial charge in [-0.1, -0.05) is 238 Å². The zero-order chi connectivity index (χ0) is 38.8. The van der Waals surface area contributed by atoms with Crippen LogP contribution in [0.15, 0.2) is 238 Å². The Hall–Kier alpha value is -7.02. The van der Waals surface area contributed by atoms with Gasteiger partial charge in [0.25, 0.3) is 0 Å². The zero-order valence-electron chi connectivity index (χ0n) is 32.3. The third-order valence-electron chi connectivity index (χ3n) is 11.0. The molecule has 0 bridgehead atoms. The second-order valence-corrected chi connectivity index (χ2v) is 14.6. The van der Waals surface area contributed by atoms with Gasteiger partial charge in [0.1, 0.15) is 0 Å². The predicted molar refractivity (Wildman–Crippen MR) is 244 cm³/mol. The van der Waals surface area contributed by atoms with Crippen molar-refractivity contribution in [1.82, 2.24) is 0 Å². The molecule has 0 aliphatic rings. The van der Waals surface area contributed by atoms with Gasteiger partial charge in [0.05, 0.1) is 0 Å². The second kappa shape index (κ2) is 17.6. The maximum Gasteiger partial charge on any atom is 0.0130 e. The van der Waals surface area contributed by atoms with Crippen molar-refractivity contribution >= 4 is 5.57 Å². The van der Waals surface area contributed by atoms with E-state index in [1.807, 2.05) is 12.2 Å². The maximum atomic E-state index is 3.93. The highest BCUT2D eigenvalue weighted by atomic mass is 14.2. The molecule has 0 heteroatoms. The molecule has 0 N–H and O–H groups in total. The molecule has 8 aromatic rings. The van der Waals surface area contributed by atoms with Crippen molar-refractivity contribution in [1.29, 1.82) is 0 Å². The SMILES string of the molecule is C=C/C=C(\C=C)c1ccc(Cc2ccc(-c3ccc(-c4ccc(CC(c5ccc(-c6ccccc6)cc5)c5ccc(-c6ccccc6)cc5)cc4)cc3)cc2)cc1. The van der Waals surface area contributed by atoms with Crippen LogP contribution in [0.4, 0.5) is 0 Å². The van der Waals surface area contributed by atoms with Crippen LogP contribution in [0.25, 0.3) is 50.1 Å². The molecule has 0 saturated heterocycles. The highest BCUT2D eigenvalue weighted by Gasteiger charge is 2.16. The van der Waals surface area contributed by atoms with Crippen molar-refractivity contribution in [3.05, 3.63) is 271 Å². The van der Waals surface area contributed by atoms with Crippen molar-refractivity contribution in [2.75, 3.05) is 0 Å². The second-order valence-electron chi connectivity index (χ2n) is 14.6. The molecule has 0 radical (unpaired) electrons. The zero-order valence-corrected chi connectivity index (χ0v) is 32.3. The molecule has 57 heavy (non-hydrogen) atoms. The van der Waals surface area contributed by atoms with Gasteiger partial charge in [0, 0.05) is 5.92 Å². The van der Waals surface area contributed by atoms with E-state index in [0.717, 1.165) is 24.0 Å². The van der Waals surface area contributed by atoms with Gasteiger partial charge >= 0.3 is 0 Å². The van der Waals surface area contributed by atoms with E-state index < -0.39 is 0 Å². The molecule has 0 heterocycles. The van der Waals surface area contributed by atoms with Gasteiger partial charge in [-0.3, -0.25) is 0 Å². The fourth-order valence-corrected chi connectivity index (χ4v) is 7.70. The first kappa shape index (κ1) is 36.9. The Labute approximate surface area is 338 Å². The van der Waals surface area contributed by atoms with E-state index in [-0.39, 0.29) is 5.92 Å². The Balaban J connectivity index is 0.961. The Morgan fingerprint density at radius 2 is 0.702 bits per heavy atom. The molecule has 0 saturated carbocycles. The van der Waals surface area contributed by atoms with Gasteiger partial charge in [-0.05, 0) is 96.3 Å². The number of hydrogen-bond acceptors (Lipinski definition) is 0. The lowest BCUT2D eigenvalue weighted by atomic mass is 9.84. The highest BCUT2D eigenvalue weighted by molar-refractivity contribution is 5.75. The average Bonchev–Trinajstić information content (AvgIpc) is 3.29. The monoisotopic (exact) mass is 730 g/mol. The molecule has 0 aromatic heterocycles. The Bertz CT molecular complexity index is 2470. The smallest absolute Gasteiger partial charge is 0.0130 e. The minimum absolute atomic E-state index is 0.229. The summed E-state index contributed by atoms with van der Waals surface area (Å²) in [6.07, 6.45) is 7.47. The molecule has 8 rings (SSSR count). The summed E-state index contributed by atoms with van der Waals surface area (Å²) in [6, 6.07) is 75.3. The lowest BCUT2D eigenvalue weighted by molar-refractivity contribution is 0.805. The van der Waals surface area contributed by atoms with Crippen molar-refractivity contribution in [3.63, 3.8) is 0 Å². The van der Waals surface area contributed by atoms with E-state index in [1.165, 1.54) is 72.3 Å². The Morgan fingerprint density at radius 3 is 1.09 bits per heavy atom. The normalized spacial score (nSPS) is 11.4. The molecule has 0 aliphatic carbocycles. The summed E-state index contributed by atoms with van der Waals surface area (Å²) in [7, 11) is 0. The van der Waals surface area contributed by atoms with E-state index >= 15 is 0 Å². The molecule has 0 nitrogen and oxygen atoms in total. The lowest BCUT2D eigenvalue weighted by Gasteiger charge is -2.20. The fourth-order valence-electron chi connectivity index (χ4n) is 7.70. The van der Waals surface area contributed by atoms with Gasteiger partial charge in [-0.15, -0.1) is 0 Å². The summed E-state index contributed by atoms with van der Waals surface area (Å²) in [6.45, 7) is 7.74. The van der Waals surface area contributed by atoms with Crippen LogP contribution < -0.4 is 0 Å². The van der Waals surface area contributed by atoms with Crippen LogP contribution in [0.2, 0.25) is 0 Å². The molecule has 0 fully saturated rings. The summed E-state index contributed by atoms with van der Waals surface area (Å²) >= 11 is 0. The fraction of sp³-hybridized carbons (Fsp3) is 0.0526. The number of hydrogen-bond donors (Lipinski definition) is 0. The standard InChI is InChI=1S/C57H46/c1-3-11-45(4-2)48-22-16-42(17-23-48)40-43-18-24-49(25-19-43)53-28-30-54(31-29-53)50-26-20-44(21-27-50)41-57(55-36-32-51(33-37-55)46-12-7-5-8-13-46)56-38-34-52(35-39-56)47-14-9-6-10-15-47/h3-39,57H,1-2,40-41H2/b45-11+. The summed E-state index contributed by atoms with van der Waals surface area (Å²) < 4.78 is 0. The summed E-state index contributed by atoms with van der Waals surface area (Å²) in [5.41, 5.74) is 18.6. The number of benzene rings is 8. The first-order valence-corrected chi connectivity index (χ1v) is 19.8. The van der Waals surface area contributed by atoms with Gasteiger partial charge in [0.15, 0.2) is 0 Å². The quantitative estimate of drug-likeness (QED) is 0.104. The van der Waals surface area contributed by atoms with E-state index in [0.29, 0.717) is 0 Å². The molecule has 0 unspecified atom stereocenters. The van der Waals surface area contributed by atoms with Gasteiger partial charge in [-0.25, -0.2) is 0 Å². The summed E-state index contributed by atoms with van der Waals surface area (Å²) in [5.74, 6) is 0.229. The van der Waals surface area contributed by atoms with Crippen LogP contribution in [0, 0.1) is 0 Å². The molecule has 8 aromatic carbocycles.